The molecule has 0 spiro atoms. The highest BCUT2D eigenvalue weighted by atomic mass is 31.2. The Morgan fingerprint density at radius 3 is 1.52 bits per heavy atom. The fraction of sp³-hybridized carbons (Fsp3) is 0.766. The number of nitrogens with one attached hydrogen (secondary N) is 1. The zero-order valence-corrected chi connectivity index (χ0v) is 37.0. The lowest BCUT2D eigenvalue weighted by atomic mass is 10.0. The zero-order valence-electron chi connectivity index (χ0n) is 36.1. The van der Waals surface area contributed by atoms with E-state index in [9.17, 15) is 19.4 Å². The number of carbonyl (C=O) groups is 1. The molecule has 0 saturated heterocycles. The third kappa shape index (κ3) is 40.4. The molecule has 56 heavy (non-hydrogen) atoms. The van der Waals surface area contributed by atoms with Crippen molar-refractivity contribution in [3.63, 3.8) is 0 Å². The second-order valence-electron chi connectivity index (χ2n) is 15.2. The summed E-state index contributed by atoms with van der Waals surface area (Å²) >= 11 is 0. The van der Waals surface area contributed by atoms with Gasteiger partial charge in [-0.05, 0) is 57.8 Å². The van der Waals surface area contributed by atoms with Gasteiger partial charge < -0.3 is 21.1 Å². The summed E-state index contributed by atoms with van der Waals surface area (Å²) in [5.41, 5.74) is 5.38. The Bertz CT molecular complexity index is 1060. The van der Waals surface area contributed by atoms with Crippen molar-refractivity contribution in [3.05, 3.63) is 60.8 Å². The van der Waals surface area contributed by atoms with Crippen molar-refractivity contribution in [2.45, 2.75) is 212 Å². The van der Waals surface area contributed by atoms with Crippen molar-refractivity contribution >= 4 is 13.7 Å². The van der Waals surface area contributed by atoms with Crippen molar-refractivity contribution in [3.8, 4) is 0 Å². The summed E-state index contributed by atoms with van der Waals surface area (Å²) in [5, 5.41) is 13.7. The molecule has 0 radical (unpaired) electrons. The van der Waals surface area contributed by atoms with Crippen LogP contribution in [0.25, 0.3) is 0 Å². The normalized spacial score (nSPS) is 14.6. The number of hydrogen-bond acceptors (Lipinski definition) is 6. The van der Waals surface area contributed by atoms with E-state index in [2.05, 4.69) is 67.8 Å². The van der Waals surface area contributed by atoms with E-state index in [1.807, 2.05) is 6.08 Å². The lowest BCUT2D eigenvalue weighted by molar-refractivity contribution is -0.123. The number of aliphatic hydroxyl groups excluding tert-OH is 1. The van der Waals surface area contributed by atoms with Crippen LogP contribution in [0.3, 0.4) is 0 Å². The zero-order chi connectivity index (χ0) is 41.1. The first-order valence-electron chi connectivity index (χ1n) is 22.9. The van der Waals surface area contributed by atoms with E-state index in [4.69, 9.17) is 14.8 Å². The number of phosphoric ester groups is 1. The second-order valence-corrected chi connectivity index (χ2v) is 16.7. The van der Waals surface area contributed by atoms with Crippen LogP contribution in [0.15, 0.2) is 60.8 Å². The van der Waals surface area contributed by atoms with Gasteiger partial charge >= 0.3 is 7.82 Å². The molecular weight excluding hydrogens is 719 g/mol. The maximum Gasteiger partial charge on any atom is 0.472 e. The van der Waals surface area contributed by atoms with Crippen LogP contribution in [0.5, 0.6) is 0 Å². The summed E-state index contributed by atoms with van der Waals surface area (Å²) < 4.78 is 22.1. The summed E-state index contributed by atoms with van der Waals surface area (Å²) in [6.07, 6.45) is 54.1. The van der Waals surface area contributed by atoms with E-state index in [0.29, 0.717) is 6.42 Å². The summed E-state index contributed by atoms with van der Waals surface area (Å²) in [4.78, 5) is 22.7. The van der Waals surface area contributed by atoms with E-state index in [1.54, 1.807) is 6.08 Å². The molecule has 0 aliphatic rings. The molecule has 1 amide bonds. The Balaban J connectivity index is 4.14. The van der Waals surface area contributed by atoms with Crippen LogP contribution in [0.2, 0.25) is 0 Å². The summed E-state index contributed by atoms with van der Waals surface area (Å²) in [6.45, 7) is 4.02. The lowest BCUT2D eigenvalue weighted by Crippen LogP contribution is -2.45. The molecule has 0 rings (SSSR count). The Labute approximate surface area is 344 Å². The maximum absolute atomic E-state index is 12.8. The highest BCUT2D eigenvalue weighted by molar-refractivity contribution is 7.47. The van der Waals surface area contributed by atoms with Gasteiger partial charge in [-0.3, -0.25) is 13.8 Å². The van der Waals surface area contributed by atoms with Gasteiger partial charge in [0.05, 0.1) is 25.4 Å². The number of nitrogens with two attached hydrogens (primary N) is 1. The van der Waals surface area contributed by atoms with Crippen LogP contribution in [-0.2, 0) is 18.4 Å². The van der Waals surface area contributed by atoms with E-state index in [1.165, 1.54) is 116 Å². The predicted octanol–water partition coefficient (Wildman–Crippen LogP) is 13.1. The monoisotopic (exact) mass is 807 g/mol. The van der Waals surface area contributed by atoms with Crippen LogP contribution >= 0.6 is 7.82 Å². The minimum Gasteiger partial charge on any atom is -0.387 e. The highest BCUT2D eigenvalue weighted by Crippen LogP contribution is 2.43. The smallest absolute Gasteiger partial charge is 0.387 e. The SMILES string of the molecule is CC/C=C\C/C=C\C/C=C\C/C=C\CCCCCCCCCCCCC(=O)NC(COP(=O)(O)OCCN)C(O)/C=C/CCCCCCCCCCCCCC. The summed E-state index contributed by atoms with van der Waals surface area (Å²) in [7, 11) is -4.34. The molecule has 5 N–H and O–H groups in total. The Morgan fingerprint density at radius 2 is 1.04 bits per heavy atom. The first-order valence-corrected chi connectivity index (χ1v) is 24.4. The quantitative estimate of drug-likeness (QED) is 0.0274. The molecule has 0 aromatic rings. The van der Waals surface area contributed by atoms with Gasteiger partial charge in [0.1, 0.15) is 0 Å². The first kappa shape index (κ1) is 54.2. The molecule has 0 aliphatic heterocycles. The number of rotatable bonds is 42. The Kier molecular flexibility index (Phi) is 41.4. The Morgan fingerprint density at radius 1 is 0.607 bits per heavy atom. The minimum absolute atomic E-state index is 0.0757. The summed E-state index contributed by atoms with van der Waals surface area (Å²) in [5.74, 6) is -0.201. The molecule has 0 bridgehead atoms. The number of aliphatic hydroxyl groups is 1. The molecule has 0 saturated carbocycles. The number of hydrogen-bond donors (Lipinski definition) is 4. The summed E-state index contributed by atoms with van der Waals surface area (Å²) in [6, 6.07) is -0.864. The van der Waals surface area contributed by atoms with Gasteiger partial charge in [0.25, 0.3) is 0 Å². The van der Waals surface area contributed by atoms with Gasteiger partial charge in [-0.2, -0.15) is 0 Å². The standard InChI is InChI=1S/C47H87N2O6P/c1-3-5-7-9-11-13-15-17-19-20-21-22-23-24-25-26-27-29-31-33-35-37-39-41-47(51)49-45(44-55-56(52,53)54-43-42-48)46(50)40-38-36-34-32-30-28-18-16-14-12-10-8-6-4-2/h5,7,11,13,17,19,21-22,38,40,45-46,50H,3-4,6,8-10,12,14-16,18,20,23-37,39,41-44,48H2,1-2H3,(H,49,51)(H,52,53)/b7-5-,13-11-,19-17-,22-21-,40-38+. The number of allylic oxidation sites excluding steroid dienone is 9. The van der Waals surface area contributed by atoms with Gasteiger partial charge in [-0.15, -0.1) is 0 Å². The third-order valence-electron chi connectivity index (χ3n) is 9.85. The predicted molar refractivity (Wildman–Crippen MR) is 240 cm³/mol. The number of carbonyl (C=O) groups excluding carboxylic acids is 1. The molecule has 9 heteroatoms. The van der Waals surface area contributed by atoms with Crippen molar-refractivity contribution in [1.82, 2.24) is 5.32 Å². The van der Waals surface area contributed by atoms with Gasteiger partial charge in [0.2, 0.25) is 5.91 Å². The third-order valence-corrected chi connectivity index (χ3v) is 10.8. The van der Waals surface area contributed by atoms with Crippen molar-refractivity contribution in [2.75, 3.05) is 19.8 Å². The van der Waals surface area contributed by atoms with E-state index in [0.717, 1.165) is 64.2 Å². The topological polar surface area (TPSA) is 131 Å². The molecule has 0 fully saturated rings. The van der Waals surface area contributed by atoms with Crippen LogP contribution < -0.4 is 11.1 Å². The molecular formula is C47H87N2O6P. The highest BCUT2D eigenvalue weighted by Gasteiger charge is 2.26. The van der Waals surface area contributed by atoms with E-state index in [-0.39, 0.29) is 25.7 Å². The number of phosphoric acid groups is 1. The first-order chi connectivity index (χ1) is 27.4. The molecule has 0 aliphatic carbocycles. The fourth-order valence-electron chi connectivity index (χ4n) is 6.42. The molecule has 3 unspecified atom stereocenters. The molecule has 0 aromatic carbocycles. The van der Waals surface area contributed by atoms with Gasteiger partial charge in [0, 0.05) is 13.0 Å². The number of amides is 1. The molecule has 0 heterocycles. The molecule has 3 atom stereocenters. The van der Waals surface area contributed by atoms with Crippen LogP contribution in [0, 0.1) is 0 Å². The van der Waals surface area contributed by atoms with E-state index < -0.39 is 20.0 Å². The molecule has 8 nitrogen and oxygen atoms in total. The lowest BCUT2D eigenvalue weighted by Gasteiger charge is -2.23. The van der Waals surface area contributed by atoms with Gasteiger partial charge in [-0.1, -0.05) is 197 Å². The second kappa shape index (κ2) is 42.8. The van der Waals surface area contributed by atoms with Crippen LogP contribution in [-0.4, -0.2) is 47.8 Å². The van der Waals surface area contributed by atoms with Crippen molar-refractivity contribution < 1.29 is 28.4 Å². The fourth-order valence-corrected chi connectivity index (χ4v) is 7.18. The maximum atomic E-state index is 12.8. The largest absolute Gasteiger partial charge is 0.472 e. The number of unbranched alkanes of at least 4 members (excludes halogenated alkanes) is 22. The van der Waals surface area contributed by atoms with Crippen molar-refractivity contribution in [1.29, 1.82) is 0 Å². The minimum atomic E-state index is -4.34. The van der Waals surface area contributed by atoms with Crippen LogP contribution in [0.1, 0.15) is 200 Å². The van der Waals surface area contributed by atoms with Gasteiger partial charge in [-0.25, -0.2) is 4.57 Å². The Hall–Kier alpha value is -1.80. The van der Waals surface area contributed by atoms with Crippen LogP contribution in [0.4, 0.5) is 0 Å². The average molecular weight is 807 g/mol. The molecule has 326 valence electrons. The van der Waals surface area contributed by atoms with Gasteiger partial charge in [0.15, 0.2) is 0 Å². The average Bonchev–Trinajstić information content (AvgIpc) is 3.19. The van der Waals surface area contributed by atoms with E-state index >= 15 is 0 Å². The molecule has 0 aromatic heterocycles. The van der Waals surface area contributed by atoms with Crippen molar-refractivity contribution in [2.24, 2.45) is 5.73 Å².